The lowest BCUT2D eigenvalue weighted by Crippen LogP contribution is -2.29. The number of nitrogens with one attached hydrogen (secondary N) is 1. The zero-order valence-corrected chi connectivity index (χ0v) is 10.1. The molecule has 1 aliphatic rings. The zero-order valence-electron chi connectivity index (χ0n) is 10.1. The predicted molar refractivity (Wildman–Crippen MR) is 61.6 cm³/mol. The van der Waals surface area contributed by atoms with Crippen molar-refractivity contribution in [3.05, 3.63) is 5.82 Å². The van der Waals surface area contributed by atoms with Crippen molar-refractivity contribution in [3.8, 4) is 0 Å². The van der Waals surface area contributed by atoms with E-state index in [1.165, 1.54) is 19.3 Å². The van der Waals surface area contributed by atoms with Crippen molar-refractivity contribution >= 4 is 0 Å². The van der Waals surface area contributed by atoms with Gasteiger partial charge in [0.2, 0.25) is 0 Å². The molecule has 3 unspecified atom stereocenters. The summed E-state index contributed by atoms with van der Waals surface area (Å²) in [6.45, 7) is 5.28. The van der Waals surface area contributed by atoms with Crippen LogP contribution in [0.25, 0.3) is 0 Å². The Hall–Kier alpha value is -0.970. The molecule has 0 aliphatic heterocycles. The van der Waals surface area contributed by atoms with Crippen LogP contribution >= 0.6 is 0 Å². The summed E-state index contributed by atoms with van der Waals surface area (Å²) < 4.78 is 0. The van der Waals surface area contributed by atoms with E-state index in [9.17, 15) is 0 Å². The number of H-pyrrole nitrogens is 1. The van der Waals surface area contributed by atoms with E-state index in [2.05, 4.69) is 34.5 Å². The standard InChI is InChI=1S/C11H21N5/c1-7-3-8(2)5-9(4-7)10(6-12)11-13-15-16-14-11/h7-10H,3-6,12H2,1-2H3,(H,13,14,15,16). The zero-order chi connectivity index (χ0) is 11.5. The molecule has 0 amide bonds. The van der Waals surface area contributed by atoms with Crippen molar-refractivity contribution < 1.29 is 0 Å². The Kier molecular flexibility index (Phi) is 3.53. The van der Waals surface area contributed by atoms with Gasteiger partial charge >= 0.3 is 0 Å². The van der Waals surface area contributed by atoms with Crippen LogP contribution in [0.5, 0.6) is 0 Å². The second-order valence-electron chi connectivity index (χ2n) is 5.31. The van der Waals surface area contributed by atoms with Crippen LogP contribution < -0.4 is 5.73 Å². The average molecular weight is 223 g/mol. The van der Waals surface area contributed by atoms with Crippen molar-refractivity contribution in [2.24, 2.45) is 23.5 Å². The Morgan fingerprint density at radius 1 is 1.31 bits per heavy atom. The molecule has 0 spiro atoms. The van der Waals surface area contributed by atoms with E-state index in [1.54, 1.807) is 0 Å². The number of hydrogen-bond acceptors (Lipinski definition) is 4. The van der Waals surface area contributed by atoms with Crippen LogP contribution in [0.1, 0.15) is 44.9 Å². The monoisotopic (exact) mass is 223 g/mol. The van der Waals surface area contributed by atoms with E-state index < -0.39 is 0 Å². The Bertz CT molecular complexity index is 300. The summed E-state index contributed by atoms with van der Waals surface area (Å²) in [5.41, 5.74) is 5.87. The fourth-order valence-corrected chi connectivity index (χ4v) is 3.19. The highest BCUT2D eigenvalue weighted by atomic mass is 15.5. The molecular formula is C11H21N5. The van der Waals surface area contributed by atoms with Crippen LogP contribution in [-0.2, 0) is 0 Å². The van der Waals surface area contributed by atoms with Gasteiger partial charge in [0.05, 0.1) is 0 Å². The third kappa shape index (κ3) is 2.40. The number of aromatic amines is 1. The second-order valence-corrected chi connectivity index (χ2v) is 5.31. The molecule has 1 heterocycles. The molecule has 90 valence electrons. The summed E-state index contributed by atoms with van der Waals surface area (Å²) in [7, 11) is 0. The predicted octanol–water partition coefficient (Wildman–Crippen LogP) is 1.31. The van der Waals surface area contributed by atoms with Crippen molar-refractivity contribution in [3.63, 3.8) is 0 Å². The molecule has 0 saturated heterocycles. The van der Waals surface area contributed by atoms with Crippen molar-refractivity contribution in [1.82, 2.24) is 20.6 Å². The SMILES string of the molecule is CC1CC(C)CC(C(CN)c2nnn[nH]2)C1. The molecule has 0 aromatic carbocycles. The van der Waals surface area contributed by atoms with E-state index in [1.807, 2.05) is 0 Å². The number of nitrogens with zero attached hydrogens (tertiary/aromatic N) is 3. The largest absolute Gasteiger partial charge is 0.330 e. The maximum Gasteiger partial charge on any atom is 0.153 e. The van der Waals surface area contributed by atoms with Gasteiger partial charge in [-0.3, -0.25) is 0 Å². The van der Waals surface area contributed by atoms with Gasteiger partial charge in [-0.1, -0.05) is 13.8 Å². The maximum absolute atomic E-state index is 5.87. The lowest BCUT2D eigenvalue weighted by atomic mass is 9.71. The summed E-state index contributed by atoms with van der Waals surface area (Å²) in [5.74, 6) is 3.35. The number of hydrogen-bond donors (Lipinski definition) is 2. The van der Waals surface area contributed by atoms with E-state index in [-0.39, 0.29) is 0 Å². The molecule has 2 rings (SSSR count). The number of tetrazole rings is 1. The molecule has 1 aromatic rings. The molecule has 16 heavy (non-hydrogen) atoms. The molecular weight excluding hydrogens is 202 g/mol. The Morgan fingerprint density at radius 2 is 2.00 bits per heavy atom. The van der Waals surface area contributed by atoms with Gasteiger partial charge in [-0.2, -0.15) is 0 Å². The lowest BCUT2D eigenvalue weighted by Gasteiger charge is -2.35. The van der Waals surface area contributed by atoms with Crippen LogP contribution in [0, 0.1) is 17.8 Å². The molecule has 1 aromatic heterocycles. The van der Waals surface area contributed by atoms with Crippen LogP contribution in [0.3, 0.4) is 0 Å². The number of rotatable bonds is 3. The third-order valence-electron chi connectivity index (χ3n) is 3.75. The molecule has 0 bridgehead atoms. The Morgan fingerprint density at radius 3 is 2.50 bits per heavy atom. The summed E-state index contributed by atoms with van der Waals surface area (Å²) >= 11 is 0. The molecule has 3 atom stereocenters. The van der Waals surface area contributed by atoms with Gasteiger partial charge in [-0.15, -0.1) is 5.10 Å². The van der Waals surface area contributed by atoms with Gasteiger partial charge in [0.25, 0.3) is 0 Å². The summed E-state index contributed by atoms with van der Waals surface area (Å²) in [5, 5.41) is 14.2. The van der Waals surface area contributed by atoms with Crippen LogP contribution in [0.2, 0.25) is 0 Å². The minimum absolute atomic E-state index is 0.292. The minimum atomic E-state index is 0.292. The second kappa shape index (κ2) is 4.91. The van der Waals surface area contributed by atoms with Crippen LogP contribution in [0.4, 0.5) is 0 Å². The summed E-state index contributed by atoms with van der Waals surface area (Å²) in [6.07, 6.45) is 3.82. The maximum atomic E-state index is 5.87. The van der Waals surface area contributed by atoms with Crippen LogP contribution in [0.15, 0.2) is 0 Å². The molecule has 5 heteroatoms. The highest BCUT2D eigenvalue weighted by molar-refractivity contribution is 4.97. The van der Waals surface area contributed by atoms with E-state index in [0.29, 0.717) is 18.4 Å². The van der Waals surface area contributed by atoms with Crippen molar-refractivity contribution in [1.29, 1.82) is 0 Å². The van der Waals surface area contributed by atoms with Gasteiger partial charge in [0.15, 0.2) is 5.82 Å². The van der Waals surface area contributed by atoms with Crippen molar-refractivity contribution in [2.45, 2.75) is 39.0 Å². The van der Waals surface area contributed by atoms with Gasteiger partial charge < -0.3 is 5.73 Å². The smallest absolute Gasteiger partial charge is 0.153 e. The van der Waals surface area contributed by atoms with Gasteiger partial charge in [-0.25, -0.2) is 5.10 Å². The van der Waals surface area contributed by atoms with E-state index in [0.717, 1.165) is 17.7 Å². The first kappa shape index (κ1) is 11.5. The first-order valence-corrected chi connectivity index (χ1v) is 6.14. The Labute approximate surface area is 96.2 Å². The first-order valence-electron chi connectivity index (χ1n) is 6.14. The molecule has 3 N–H and O–H groups in total. The molecule has 0 radical (unpaired) electrons. The minimum Gasteiger partial charge on any atom is -0.330 e. The topological polar surface area (TPSA) is 80.5 Å². The fraction of sp³-hybridized carbons (Fsp3) is 0.909. The summed E-state index contributed by atoms with van der Waals surface area (Å²) in [6, 6.07) is 0. The van der Waals surface area contributed by atoms with E-state index in [4.69, 9.17) is 5.73 Å². The normalized spacial score (nSPS) is 32.6. The quantitative estimate of drug-likeness (QED) is 0.809. The lowest BCUT2D eigenvalue weighted by molar-refractivity contribution is 0.190. The fourth-order valence-electron chi connectivity index (χ4n) is 3.19. The molecule has 1 fully saturated rings. The van der Waals surface area contributed by atoms with Gasteiger partial charge in [0.1, 0.15) is 0 Å². The molecule has 5 nitrogen and oxygen atoms in total. The highest BCUT2D eigenvalue weighted by Gasteiger charge is 2.31. The van der Waals surface area contributed by atoms with Gasteiger partial charge in [0, 0.05) is 12.5 Å². The number of aromatic nitrogens is 4. The van der Waals surface area contributed by atoms with E-state index >= 15 is 0 Å². The van der Waals surface area contributed by atoms with Gasteiger partial charge in [-0.05, 0) is 47.4 Å². The first-order chi connectivity index (χ1) is 7.70. The van der Waals surface area contributed by atoms with Crippen molar-refractivity contribution in [2.75, 3.05) is 6.54 Å². The van der Waals surface area contributed by atoms with Crippen LogP contribution in [-0.4, -0.2) is 27.2 Å². The third-order valence-corrected chi connectivity index (χ3v) is 3.75. The summed E-state index contributed by atoms with van der Waals surface area (Å²) in [4.78, 5) is 0. The Balaban J connectivity index is 2.09. The number of nitrogens with two attached hydrogens (primary N) is 1. The molecule has 1 aliphatic carbocycles. The highest BCUT2D eigenvalue weighted by Crippen LogP contribution is 2.39. The average Bonchev–Trinajstić information content (AvgIpc) is 2.70. The molecule has 1 saturated carbocycles.